The predicted octanol–water partition coefficient (Wildman–Crippen LogP) is 1.53. The highest BCUT2D eigenvalue weighted by Gasteiger charge is 2.18. The maximum atomic E-state index is 11.4. The van der Waals surface area contributed by atoms with Crippen LogP contribution >= 0.6 is 0 Å². The number of carbonyl (C=O) groups excluding carboxylic acids is 1. The van der Waals surface area contributed by atoms with Gasteiger partial charge < -0.3 is 19.9 Å². The molecular formula is C14H21NO4. The molecule has 5 heteroatoms. The molecule has 5 nitrogen and oxygen atoms in total. The SMILES string of the molecule is CCCOc1c(CC(N)C(=O)OC)cccc1OC. The van der Waals surface area contributed by atoms with Crippen molar-refractivity contribution in [3.63, 3.8) is 0 Å². The molecule has 0 amide bonds. The Hall–Kier alpha value is -1.75. The van der Waals surface area contributed by atoms with E-state index >= 15 is 0 Å². The smallest absolute Gasteiger partial charge is 0.322 e. The summed E-state index contributed by atoms with van der Waals surface area (Å²) in [4.78, 5) is 11.4. The van der Waals surface area contributed by atoms with Gasteiger partial charge in [-0.25, -0.2) is 0 Å². The number of hydrogen-bond acceptors (Lipinski definition) is 5. The third kappa shape index (κ3) is 4.13. The summed E-state index contributed by atoms with van der Waals surface area (Å²) < 4.78 is 15.6. The minimum atomic E-state index is -0.707. The molecular weight excluding hydrogens is 246 g/mol. The maximum absolute atomic E-state index is 11.4. The Kier molecular flexibility index (Phi) is 6.15. The largest absolute Gasteiger partial charge is 0.493 e. The fourth-order valence-corrected chi connectivity index (χ4v) is 1.72. The summed E-state index contributed by atoms with van der Waals surface area (Å²) >= 11 is 0. The highest BCUT2D eigenvalue weighted by atomic mass is 16.5. The van der Waals surface area contributed by atoms with Gasteiger partial charge in [0.2, 0.25) is 0 Å². The first-order valence-electron chi connectivity index (χ1n) is 6.26. The molecule has 2 N–H and O–H groups in total. The van der Waals surface area contributed by atoms with Gasteiger partial charge in [-0.05, 0) is 12.5 Å². The number of hydrogen-bond donors (Lipinski definition) is 1. The van der Waals surface area contributed by atoms with Crippen molar-refractivity contribution >= 4 is 5.97 Å². The van der Waals surface area contributed by atoms with Crippen LogP contribution < -0.4 is 15.2 Å². The van der Waals surface area contributed by atoms with Gasteiger partial charge in [-0.1, -0.05) is 19.1 Å². The lowest BCUT2D eigenvalue weighted by Gasteiger charge is -2.16. The molecule has 0 spiro atoms. The zero-order valence-electron chi connectivity index (χ0n) is 11.6. The normalized spacial score (nSPS) is 11.8. The van der Waals surface area contributed by atoms with Gasteiger partial charge in [-0.15, -0.1) is 0 Å². The Balaban J connectivity index is 2.95. The summed E-state index contributed by atoms with van der Waals surface area (Å²) in [5.41, 5.74) is 6.62. The van der Waals surface area contributed by atoms with Gasteiger partial charge in [0.15, 0.2) is 11.5 Å². The lowest BCUT2D eigenvalue weighted by molar-refractivity contribution is -0.142. The van der Waals surface area contributed by atoms with E-state index < -0.39 is 12.0 Å². The van der Waals surface area contributed by atoms with Crippen molar-refractivity contribution in [1.82, 2.24) is 0 Å². The fraction of sp³-hybridized carbons (Fsp3) is 0.500. The average molecular weight is 267 g/mol. The molecule has 0 aliphatic carbocycles. The summed E-state index contributed by atoms with van der Waals surface area (Å²) in [6, 6.07) is 4.83. The second kappa shape index (κ2) is 7.63. The summed E-state index contributed by atoms with van der Waals surface area (Å²) in [7, 11) is 2.90. The van der Waals surface area contributed by atoms with Crippen molar-refractivity contribution in [1.29, 1.82) is 0 Å². The van der Waals surface area contributed by atoms with Gasteiger partial charge in [-0.3, -0.25) is 4.79 Å². The van der Waals surface area contributed by atoms with E-state index in [1.54, 1.807) is 7.11 Å². The fourth-order valence-electron chi connectivity index (χ4n) is 1.72. The van der Waals surface area contributed by atoms with Crippen LogP contribution in [0, 0.1) is 0 Å². The Morgan fingerprint density at radius 2 is 2.11 bits per heavy atom. The summed E-state index contributed by atoms with van der Waals surface area (Å²) in [5.74, 6) is 0.846. The summed E-state index contributed by atoms with van der Waals surface area (Å²) in [5, 5.41) is 0. The van der Waals surface area contributed by atoms with Gasteiger partial charge in [0, 0.05) is 12.0 Å². The molecule has 19 heavy (non-hydrogen) atoms. The molecule has 106 valence electrons. The molecule has 1 aromatic rings. The molecule has 0 aliphatic heterocycles. The second-order valence-electron chi connectivity index (χ2n) is 4.13. The third-order valence-electron chi connectivity index (χ3n) is 2.67. The number of para-hydroxylation sites is 1. The Labute approximate surface area is 113 Å². The summed E-state index contributed by atoms with van der Waals surface area (Å²) in [6.07, 6.45) is 1.24. The van der Waals surface area contributed by atoms with Crippen LogP contribution in [0.5, 0.6) is 11.5 Å². The number of benzene rings is 1. The van der Waals surface area contributed by atoms with Crippen molar-refractivity contribution in [2.24, 2.45) is 5.73 Å². The maximum Gasteiger partial charge on any atom is 0.322 e. The van der Waals surface area contributed by atoms with Crippen LogP contribution in [-0.2, 0) is 16.0 Å². The monoisotopic (exact) mass is 267 g/mol. The molecule has 0 fully saturated rings. The Bertz CT molecular complexity index is 420. The van der Waals surface area contributed by atoms with E-state index in [9.17, 15) is 4.79 Å². The quantitative estimate of drug-likeness (QED) is 0.758. The van der Waals surface area contributed by atoms with Crippen LogP contribution in [0.4, 0.5) is 0 Å². The number of nitrogens with two attached hydrogens (primary N) is 1. The first-order valence-corrected chi connectivity index (χ1v) is 6.26. The van der Waals surface area contributed by atoms with Gasteiger partial charge in [0.25, 0.3) is 0 Å². The standard InChI is InChI=1S/C14H21NO4/c1-4-8-19-13-10(6-5-7-12(13)17-2)9-11(15)14(16)18-3/h5-7,11H,4,8-9,15H2,1-3H3. The second-order valence-corrected chi connectivity index (χ2v) is 4.13. The van der Waals surface area contributed by atoms with E-state index in [0.717, 1.165) is 12.0 Å². The molecule has 1 unspecified atom stereocenters. The van der Waals surface area contributed by atoms with Gasteiger partial charge in [0.05, 0.1) is 20.8 Å². The molecule has 1 aromatic carbocycles. The zero-order valence-corrected chi connectivity index (χ0v) is 11.6. The zero-order chi connectivity index (χ0) is 14.3. The van der Waals surface area contributed by atoms with E-state index in [0.29, 0.717) is 24.5 Å². The lowest BCUT2D eigenvalue weighted by atomic mass is 10.0. The minimum Gasteiger partial charge on any atom is -0.493 e. The van der Waals surface area contributed by atoms with E-state index in [2.05, 4.69) is 4.74 Å². The van der Waals surface area contributed by atoms with Crippen molar-refractivity contribution in [2.45, 2.75) is 25.8 Å². The third-order valence-corrected chi connectivity index (χ3v) is 2.67. The van der Waals surface area contributed by atoms with Crippen LogP contribution in [0.2, 0.25) is 0 Å². The van der Waals surface area contributed by atoms with Crippen LogP contribution in [0.25, 0.3) is 0 Å². The molecule has 1 rings (SSSR count). The van der Waals surface area contributed by atoms with Crippen molar-refractivity contribution in [3.8, 4) is 11.5 Å². The first kappa shape index (κ1) is 15.3. The molecule has 0 radical (unpaired) electrons. The molecule has 0 bridgehead atoms. The van der Waals surface area contributed by atoms with Crippen molar-refractivity contribution in [3.05, 3.63) is 23.8 Å². The molecule has 0 saturated carbocycles. The average Bonchev–Trinajstić information content (AvgIpc) is 2.44. The van der Waals surface area contributed by atoms with E-state index in [-0.39, 0.29) is 0 Å². The van der Waals surface area contributed by atoms with E-state index in [1.165, 1.54) is 7.11 Å². The topological polar surface area (TPSA) is 70.8 Å². The Morgan fingerprint density at radius 3 is 2.68 bits per heavy atom. The molecule has 0 aliphatic rings. The van der Waals surface area contributed by atoms with E-state index in [4.69, 9.17) is 15.2 Å². The molecule has 0 heterocycles. The predicted molar refractivity (Wildman–Crippen MR) is 72.5 cm³/mol. The van der Waals surface area contributed by atoms with Crippen LogP contribution in [0.15, 0.2) is 18.2 Å². The first-order chi connectivity index (χ1) is 9.13. The number of rotatable bonds is 7. The highest BCUT2D eigenvalue weighted by Crippen LogP contribution is 2.32. The van der Waals surface area contributed by atoms with Gasteiger partial charge >= 0.3 is 5.97 Å². The molecule has 0 aromatic heterocycles. The highest BCUT2D eigenvalue weighted by molar-refractivity contribution is 5.76. The molecule has 1 atom stereocenters. The lowest BCUT2D eigenvalue weighted by Crippen LogP contribution is -2.33. The van der Waals surface area contributed by atoms with Crippen molar-refractivity contribution in [2.75, 3.05) is 20.8 Å². The molecule has 0 saturated heterocycles. The van der Waals surface area contributed by atoms with Crippen LogP contribution in [-0.4, -0.2) is 32.8 Å². The number of ether oxygens (including phenoxy) is 3. The van der Waals surface area contributed by atoms with E-state index in [1.807, 2.05) is 25.1 Å². The Morgan fingerprint density at radius 1 is 1.37 bits per heavy atom. The van der Waals surface area contributed by atoms with Gasteiger partial charge in [-0.2, -0.15) is 0 Å². The number of carbonyl (C=O) groups is 1. The van der Waals surface area contributed by atoms with Crippen LogP contribution in [0.3, 0.4) is 0 Å². The minimum absolute atomic E-state index is 0.350. The van der Waals surface area contributed by atoms with Crippen molar-refractivity contribution < 1.29 is 19.0 Å². The summed E-state index contributed by atoms with van der Waals surface area (Å²) in [6.45, 7) is 2.61. The number of methoxy groups -OCH3 is 2. The van der Waals surface area contributed by atoms with Crippen LogP contribution in [0.1, 0.15) is 18.9 Å². The number of esters is 1. The van der Waals surface area contributed by atoms with Gasteiger partial charge in [0.1, 0.15) is 6.04 Å².